The van der Waals surface area contributed by atoms with Gasteiger partial charge in [-0.3, -0.25) is 0 Å². The van der Waals surface area contributed by atoms with Crippen molar-refractivity contribution in [2.45, 2.75) is 5.92 Å². The van der Waals surface area contributed by atoms with Crippen LogP contribution in [0.1, 0.15) is 56.9 Å². The predicted molar refractivity (Wildman–Crippen MR) is 237 cm³/mol. The van der Waals surface area contributed by atoms with Gasteiger partial charge < -0.3 is 8.98 Å². The van der Waals surface area contributed by atoms with E-state index in [1.165, 1.54) is 0 Å². The van der Waals surface area contributed by atoms with E-state index in [9.17, 15) is 16.4 Å². The fourth-order valence-corrected chi connectivity index (χ4v) is 7.67. The normalized spacial score (nSPS) is 19.6. The lowest BCUT2D eigenvalue weighted by atomic mass is 9.88. The van der Waals surface area contributed by atoms with E-state index < -0.39 is 229 Å². The Morgan fingerprint density at radius 2 is 1.05 bits per heavy atom. The van der Waals surface area contributed by atoms with Crippen molar-refractivity contribution in [1.82, 2.24) is 4.57 Å². The lowest BCUT2D eigenvalue weighted by Gasteiger charge is -2.15. The summed E-state index contributed by atoms with van der Waals surface area (Å²) in [5.74, 6) is -1.15. The van der Waals surface area contributed by atoms with Gasteiger partial charge in [-0.15, -0.1) is 0 Å². The maximum atomic E-state index is 10.0. The molecule has 0 amide bonds. The van der Waals surface area contributed by atoms with Gasteiger partial charge in [-0.1, -0.05) is 175 Å². The second-order valence-corrected chi connectivity index (χ2v) is 13.3. The second-order valence-electron chi connectivity index (χ2n) is 13.3. The third-order valence-corrected chi connectivity index (χ3v) is 10.2. The first-order valence-corrected chi connectivity index (χ1v) is 17.7. The van der Waals surface area contributed by atoms with E-state index in [1.807, 2.05) is 30.3 Å². The summed E-state index contributed by atoms with van der Waals surface area (Å²) in [6.07, 6.45) is 0. The molecule has 2 nitrogen and oxygen atoms in total. The smallest absolute Gasteiger partial charge is 0.159 e. The fraction of sp³-hybridized carbons (Fsp3) is 0.0182. The number of nitrogens with zero attached hydrogens (tertiary/aromatic N) is 1. The van der Waals surface area contributed by atoms with Crippen LogP contribution in [0.3, 0.4) is 0 Å². The lowest BCUT2D eigenvalue weighted by molar-refractivity contribution is 0.667. The molecule has 1 aliphatic rings. The summed E-state index contributed by atoms with van der Waals surface area (Å²) in [5, 5.41) is -2.09. The lowest BCUT2D eigenvalue weighted by Crippen LogP contribution is -1.99. The average Bonchev–Trinajstić information content (AvgIpc) is 1.88. The maximum Gasteiger partial charge on any atom is 0.159 e. The van der Waals surface area contributed by atoms with Gasteiger partial charge in [-0.25, -0.2) is 0 Å². The van der Waals surface area contributed by atoms with E-state index in [1.54, 1.807) is 24.3 Å². The molecule has 11 aromatic rings. The van der Waals surface area contributed by atoms with Crippen LogP contribution in [0.4, 0.5) is 0 Å². The van der Waals surface area contributed by atoms with Crippen LogP contribution in [0.15, 0.2) is 210 Å². The molecule has 1 aliphatic carbocycles. The number of benzene rings is 9. The minimum Gasteiger partial charge on any atom is -0.453 e. The van der Waals surface area contributed by atoms with E-state index in [4.69, 9.17) is 22.2 Å². The number of aromatic nitrogens is 1. The molecule has 0 aliphatic heterocycles. The molecule has 0 saturated carbocycles. The molecule has 0 N–H and O–H groups in total. The van der Waals surface area contributed by atoms with Gasteiger partial charge in [0.25, 0.3) is 0 Å². The molecule has 0 spiro atoms. The Hall–Kier alpha value is -7.42. The molecule has 0 bridgehead atoms. The quantitative estimate of drug-likeness (QED) is 0.171. The molecule has 57 heavy (non-hydrogen) atoms. The Kier molecular flexibility index (Phi) is 3.52. The van der Waals surface area contributed by atoms with E-state index in [-0.39, 0.29) is 22.3 Å². The second kappa shape index (κ2) is 12.6. The Morgan fingerprint density at radius 1 is 0.404 bits per heavy atom. The third kappa shape index (κ3) is 4.91. The highest BCUT2D eigenvalue weighted by Gasteiger charge is 2.30. The number of furan rings is 1. The van der Waals surface area contributed by atoms with Crippen molar-refractivity contribution in [2.24, 2.45) is 0 Å². The standard InChI is InChI=1S/C55H35NO/c1-3-13-35(14-4-1)36-25-27-38(28-26-36)53-44-19-8-7-17-42(44)48-33-39(29-31-45(48)53)40-30-32-51-49(34-40)43-18-9-10-23-50(43)56(51)52-24-12-22-47-46-21-11-20-41(54(46)57-55(47)52)37-15-5-2-6-16-37/h1-34,53H/i2D,5D,6D,7D,8D,9D,10D,11D,12D,15D,16D,17D,18D,19D,20D,21D,22D,23D,24D,29D,30D,31D,32D,33D,34D. The summed E-state index contributed by atoms with van der Waals surface area (Å²) in [7, 11) is 0. The Balaban J connectivity index is 1.21. The van der Waals surface area contributed by atoms with Gasteiger partial charge in [0.2, 0.25) is 0 Å². The van der Waals surface area contributed by atoms with Crippen LogP contribution in [0.2, 0.25) is 0 Å². The summed E-state index contributed by atoms with van der Waals surface area (Å²) < 4.78 is 236. The van der Waals surface area contributed by atoms with Crippen molar-refractivity contribution >= 4 is 43.7 Å². The first-order chi connectivity index (χ1) is 38.7. The van der Waals surface area contributed by atoms with Crippen LogP contribution in [0, 0.1) is 0 Å². The minimum absolute atomic E-state index is 0.00802. The van der Waals surface area contributed by atoms with E-state index in [0.29, 0.717) is 5.56 Å². The van der Waals surface area contributed by atoms with Crippen molar-refractivity contribution < 1.29 is 38.7 Å². The monoisotopic (exact) mass is 750 g/mol. The molecule has 1 atom stereocenters. The summed E-state index contributed by atoms with van der Waals surface area (Å²) in [4.78, 5) is 0. The van der Waals surface area contributed by atoms with Crippen LogP contribution in [0.25, 0.3) is 93.9 Å². The van der Waals surface area contributed by atoms with Crippen LogP contribution in [-0.2, 0) is 0 Å². The summed E-state index contributed by atoms with van der Waals surface area (Å²) in [5.41, 5.74) is -4.11. The van der Waals surface area contributed by atoms with Crippen molar-refractivity contribution in [3.8, 4) is 50.2 Å². The highest BCUT2D eigenvalue weighted by molar-refractivity contribution is 6.15. The SMILES string of the molecule is [2H]c1c([2H])c([2H])c(-c2c([2H])c([2H])c([2H])c3c2oc2c(-n4c5c([2H])c([2H])c([2H])c([2H])c5c5c([2H])c(-c6c([2H])c([2H])c7c(c6[2H])-c6c([2H])c([2H])c([2H])c([2H])c6C7c6ccc(-c7ccccc7)cc6)c([2H])c([2H])c54)c([2H])c([2H])c([2H])c23)c([2H])c1[2H]. The van der Waals surface area contributed by atoms with Crippen LogP contribution in [0.5, 0.6) is 0 Å². The first kappa shape index (κ1) is 16.0. The fourth-order valence-electron chi connectivity index (χ4n) is 7.67. The van der Waals surface area contributed by atoms with Gasteiger partial charge >= 0.3 is 0 Å². The van der Waals surface area contributed by atoms with Gasteiger partial charge in [-0.2, -0.15) is 0 Å². The molecule has 12 rings (SSSR count). The zero-order valence-electron chi connectivity index (χ0n) is 54.1. The summed E-state index contributed by atoms with van der Waals surface area (Å²) in [6.45, 7) is 0. The van der Waals surface area contributed by atoms with Gasteiger partial charge in [-0.05, 0) is 85.8 Å². The van der Waals surface area contributed by atoms with E-state index in [2.05, 4.69) is 0 Å². The van der Waals surface area contributed by atoms with Gasteiger partial charge in [0.05, 0.1) is 51.0 Å². The zero-order chi connectivity index (χ0) is 59.2. The Bertz CT molecular complexity index is 4770. The van der Waals surface area contributed by atoms with Crippen LogP contribution < -0.4 is 0 Å². The average molecular weight is 751 g/mol. The van der Waals surface area contributed by atoms with E-state index in [0.717, 1.165) is 15.7 Å². The Morgan fingerprint density at radius 3 is 1.93 bits per heavy atom. The molecule has 0 saturated heterocycles. The highest BCUT2D eigenvalue weighted by atomic mass is 16.3. The molecule has 0 fully saturated rings. The number of hydrogen-bond donors (Lipinski definition) is 0. The Labute approximate surface area is 365 Å². The van der Waals surface area contributed by atoms with Crippen LogP contribution in [-0.4, -0.2) is 4.57 Å². The molecule has 2 heteroatoms. The predicted octanol–water partition coefficient (Wildman–Crippen LogP) is 14.8. The zero-order valence-corrected chi connectivity index (χ0v) is 29.1. The molecular formula is C55H35NO. The number of fused-ring (bicyclic) bond motifs is 9. The molecule has 1 unspecified atom stereocenters. The molecule has 0 radical (unpaired) electrons. The molecule has 2 aromatic heterocycles. The summed E-state index contributed by atoms with van der Waals surface area (Å²) >= 11 is 0. The number of hydrogen-bond acceptors (Lipinski definition) is 1. The number of para-hydroxylation sites is 3. The van der Waals surface area contributed by atoms with Crippen molar-refractivity contribution in [1.29, 1.82) is 0 Å². The molecular weight excluding hydrogens is 691 g/mol. The van der Waals surface area contributed by atoms with Crippen molar-refractivity contribution in [3.05, 3.63) is 222 Å². The van der Waals surface area contributed by atoms with E-state index >= 15 is 0 Å². The molecule has 9 aromatic carbocycles. The minimum atomic E-state index is -1.15. The first-order valence-electron chi connectivity index (χ1n) is 30.2. The van der Waals surface area contributed by atoms with Gasteiger partial charge in [0, 0.05) is 33.0 Å². The van der Waals surface area contributed by atoms with Gasteiger partial charge in [0.15, 0.2) is 5.58 Å². The maximum absolute atomic E-state index is 10.0. The van der Waals surface area contributed by atoms with Crippen molar-refractivity contribution in [2.75, 3.05) is 0 Å². The van der Waals surface area contributed by atoms with Gasteiger partial charge in [0.1, 0.15) is 5.58 Å². The summed E-state index contributed by atoms with van der Waals surface area (Å²) in [6, 6.07) is -3.60. The third-order valence-electron chi connectivity index (χ3n) is 10.2. The largest absolute Gasteiger partial charge is 0.453 e. The van der Waals surface area contributed by atoms with Crippen LogP contribution >= 0.6 is 0 Å². The topological polar surface area (TPSA) is 18.1 Å². The van der Waals surface area contributed by atoms with Crippen molar-refractivity contribution in [3.63, 3.8) is 0 Å². The highest BCUT2D eigenvalue weighted by Crippen LogP contribution is 2.50. The number of rotatable bonds is 5. The molecule has 2 heterocycles. The molecule has 266 valence electrons.